The normalized spacial score (nSPS) is 12.4. The topological polar surface area (TPSA) is 75.4 Å². The Labute approximate surface area is 97.4 Å². The Hall–Kier alpha value is -1.10. The highest BCUT2D eigenvalue weighted by Gasteiger charge is 2.23. The molecule has 0 aliphatic carbocycles. The summed E-state index contributed by atoms with van der Waals surface area (Å²) in [6.45, 7) is 8.62. The van der Waals surface area contributed by atoms with Gasteiger partial charge in [-0.15, -0.1) is 0 Å². The zero-order valence-corrected chi connectivity index (χ0v) is 10.6. The molecule has 0 unspecified atom stereocenters. The van der Waals surface area contributed by atoms with Crippen LogP contribution in [-0.4, -0.2) is 42.4 Å². The molecule has 0 aromatic rings. The number of carbonyl (C=O) groups excluding carboxylic acids is 2. The summed E-state index contributed by atoms with van der Waals surface area (Å²) < 4.78 is 0. The third-order valence-electron chi connectivity index (χ3n) is 2.41. The first-order valence-electron chi connectivity index (χ1n) is 5.75. The number of rotatable bonds is 6. The number of nitrogens with zero attached hydrogens (tertiary/aromatic N) is 1. The highest BCUT2D eigenvalue weighted by molar-refractivity contribution is 5.87. The third kappa shape index (κ3) is 4.61. The minimum absolute atomic E-state index is 0.0794. The molecule has 0 saturated carbocycles. The molecule has 0 aromatic carbocycles. The molecule has 1 atom stereocenters. The lowest BCUT2D eigenvalue weighted by Crippen LogP contribution is -2.49. The van der Waals surface area contributed by atoms with E-state index in [0.29, 0.717) is 13.1 Å². The van der Waals surface area contributed by atoms with Crippen molar-refractivity contribution in [3.05, 3.63) is 0 Å². The highest BCUT2D eigenvalue weighted by atomic mass is 16.2. The number of carbonyl (C=O) groups is 2. The van der Waals surface area contributed by atoms with Crippen molar-refractivity contribution in [1.82, 2.24) is 10.2 Å². The van der Waals surface area contributed by atoms with Gasteiger partial charge in [0.15, 0.2) is 0 Å². The van der Waals surface area contributed by atoms with Crippen LogP contribution in [0.3, 0.4) is 0 Å². The minimum atomic E-state index is -0.533. The van der Waals surface area contributed by atoms with E-state index >= 15 is 0 Å². The maximum absolute atomic E-state index is 11.9. The van der Waals surface area contributed by atoms with Crippen LogP contribution in [0.4, 0.5) is 0 Å². The Kier molecular flexibility index (Phi) is 6.72. The van der Waals surface area contributed by atoms with Gasteiger partial charge in [0.25, 0.3) is 0 Å². The van der Waals surface area contributed by atoms with Crippen LogP contribution in [0.1, 0.15) is 27.7 Å². The van der Waals surface area contributed by atoms with Crippen LogP contribution in [0.5, 0.6) is 0 Å². The zero-order chi connectivity index (χ0) is 12.7. The third-order valence-corrected chi connectivity index (χ3v) is 2.41. The molecular formula is C11H23N3O2. The standard InChI is InChI=1S/C11H23N3O2/c1-5-13-9(15)7-14(6-2)11(16)10(12)8(3)4/h8,10H,5-7,12H2,1-4H3,(H,13,15)/t10-/m0/s1. The van der Waals surface area contributed by atoms with Gasteiger partial charge in [-0.1, -0.05) is 13.8 Å². The number of likely N-dealkylation sites (N-methyl/N-ethyl adjacent to an activating group) is 2. The van der Waals surface area contributed by atoms with Gasteiger partial charge in [-0.05, 0) is 19.8 Å². The fraction of sp³-hybridized carbons (Fsp3) is 0.818. The van der Waals surface area contributed by atoms with Gasteiger partial charge in [0.1, 0.15) is 0 Å². The average Bonchev–Trinajstić information content (AvgIpc) is 2.24. The summed E-state index contributed by atoms with van der Waals surface area (Å²) in [4.78, 5) is 24.7. The van der Waals surface area contributed by atoms with Crippen molar-refractivity contribution in [1.29, 1.82) is 0 Å². The van der Waals surface area contributed by atoms with E-state index in [1.165, 1.54) is 4.90 Å². The van der Waals surface area contributed by atoms with E-state index in [1.807, 2.05) is 27.7 Å². The summed E-state index contributed by atoms with van der Waals surface area (Å²) in [6, 6.07) is -0.533. The van der Waals surface area contributed by atoms with E-state index < -0.39 is 6.04 Å². The lowest BCUT2D eigenvalue weighted by molar-refractivity contribution is -0.137. The molecule has 0 rings (SSSR count). The van der Waals surface area contributed by atoms with Gasteiger partial charge in [0.05, 0.1) is 12.6 Å². The Bertz CT molecular complexity index is 241. The Balaban J connectivity index is 4.38. The molecule has 5 heteroatoms. The quantitative estimate of drug-likeness (QED) is 0.671. The van der Waals surface area contributed by atoms with E-state index in [9.17, 15) is 9.59 Å². The van der Waals surface area contributed by atoms with Gasteiger partial charge in [-0.2, -0.15) is 0 Å². The molecule has 2 amide bonds. The summed E-state index contributed by atoms with van der Waals surface area (Å²) in [5.41, 5.74) is 5.76. The fourth-order valence-corrected chi connectivity index (χ4v) is 1.27. The van der Waals surface area contributed by atoms with Gasteiger partial charge in [-0.3, -0.25) is 9.59 Å². The van der Waals surface area contributed by atoms with Gasteiger partial charge in [0, 0.05) is 13.1 Å². The van der Waals surface area contributed by atoms with Gasteiger partial charge < -0.3 is 16.0 Å². The second kappa shape index (κ2) is 7.22. The van der Waals surface area contributed by atoms with Gasteiger partial charge in [0.2, 0.25) is 11.8 Å². The predicted octanol–water partition coefficient (Wildman–Crippen LogP) is -0.0457. The molecule has 94 valence electrons. The average molecular weight is 229 g/mol. The number of amides is 2. The number of nitrogens with one attached hydrogen (secondary N) is 1. The largest absolute Gasteiger partial charge is 0.355 e. The van der Waals surface area contributed by atoms with Crippen molar-refractivity contribution in [2.75, 3.05) is 19.6 Å². The highest BCUT2D eigenvalue weighted by Crippen LogP contribution is 2.03. The van der Waals surface area contributed by atoms with Crippen LogP contribution in [0.15, 0.2) is 0 Å². The summed E-state index contributed by atoms with van der Waals surface area (Å²) >= 11 is 0. The van der Waals surface area contributed by atoms with Crippen LogP contribution in [0.2, 0.25) is 0 Å². The molecule has 0 bridgehead atoms. The van der Waals surface area contributed by atoms with Crippen LogP contribution < -0.4 is 11.1 Å². The summed E-state index contributed by atoms with van der Waals surface area (Å²) in [6.07, 6.45) is 0. The first-order chi connectivity index (χ1) is 7.43. The number of nitrogens with two attached hydrogens (primary N) is 1. The van der Waals surface area contributed by atoms with E-state index in [2.05, 4.69) is 5.32 Å². The second-order valence-electron chi connectivity index (χ2n) is 4.08. The lowest BCUT2D eigenvalue weighted by atomic mass is 10.0. The molecule has 0 aliphatic rings. The first kappa shape index (κ1) is 14.9. The smallest absolute Gasteiger partial charge is 0.240 e. The van der Waals surface area contributed by atoms with Gasteiger partial charge in [-0.25, -0.2) is 0 Å². The Morgan fingerprint density at radius 1 is 1.31 bits per heavy atom. The zero-order valence-electron chi connectivity index (χ0n) is 10.6. The molecule has 5 nitrogen and oxygen atoms in total. The SMILES string of the molecule is CCNC(=O)CN(CC)C(=O)[C@@H](N)C(C)C. The molecule has 16 heavy (non-hydrogen) atoms. The fourth-order valence-electron chi connectivity index (χ4n) is 1.27. The van der Waals surface area contributed by atoms with E-state index in [1.54, 1.807) is 0 Å². The summed E-state index contributed by atoms with van der Waals surface area (Å²) in [5, 5.41) is 2.66. The van der Waals surface area contributed by atoms with Crippen LogP contribution >= 0.6 is 0 Å². The number of hydrogen-bond acceptors (Lipinski definition) is 3. The van der Waals surface area contributed by atoms with Crippen molar-refractivity contribution in [3.63, 3.8) is 0 Å². The molecule has 0 aliphatic heterocycles. The van der Waals surface area contributed by atoms with Gasteiger partial charge >= 0.3 is 0 Å². The van der Waals surface area contributed by atoms with E-state index in [-0.39, 0.29) is 24.3 Å². The van der Waals surface area contributed by atoms with Crippen LogP contribution in [-0.2, 0) is 9.59 Å². The van der Waals surface area contributed by atoms with Crippen molar-refractivity contribution in [2.45, 2.75) is 33.7 Å². The molecule has 0 aromatic heterocycles. The second-order valence-corrected chi connectivity index (χ2v) is 4.08. The molecule has 0 saturated heterocycles. The molecule has 3 N–H and O–H groups in total. The molecule has 0 fully saturated rings. The molecule has 0 radical (unpaired) electrons. The van der Waals surface area contributed by atoms with Crippen LogP contribution in [0, 0.1) is 5.92 Å². The first-order valence-corrected chi connectivity index (χ1v) is 5.75. The lowest BCUT2D eigenvalue weighted by Gasteiger charge is -2.25. The summed E-state index contributed by atoms with van der Waals surface area (Å²) in [5.74, 6) is -0.229. The number of hydrogen-bond donors (Lipinski definition) is 2. The minimum Gasteiger partial charge on any atom is -0.355 e. The monoisotopic (exact) mass is 229 g/mol. The van der Waals surface area contributed by atoms with Crippen molar-refractivity contribution in [2.24, 2.45) is 11.7 Å². The van der Waals surface area contributed by atoms with Crippen molar-refractivity contribution in [3.8, 4) is 0 Å². The van der Waals surface area contributed by atoms with E-state index in [0.717, 1.165) is 0 Å². The van der Waals surface area contributed by atoms with Crippen LogP contribution in [0.25, 0.3) is 0 Å². The molecule has 0 spiro atoms. The summed E-state index contributed by atoms with van der Waals surface area (Å²) in [7, 11) is 0. The molecule has 0 heterocycles. The van der Waals surface area contributed by atoms with Crippen molar-refractivity contribution >= 4 is 11.8 Å². The van der Waals surface area contributed by atoms with Crippen molar-refractivity contribution < 1.29 is 9.59 Å². The maximum atomic E-state index is 11.9. The Morgan fingerprint density at radius 3 is 2.25 bits per heavy atom. The molecular weight excluding hydrogens is 206 g/mol. The van der Waals surface area contributed by atoms with E-state index in [4.69, 9.17) is 5.73 Å². The maximum Gasteiger partial charge on any atom is 0.240 e. The Morgan fingerprint density at radius 2 is 1.88 bits per heavy atom. The predicted molar refractivity (Wildman–Crippen MR) is 63.8 cm³/mol.